The van der Waals surface area contributed by atoms with E-state index in [0.29, 0.717) is 5.56 Å². The van der Waals surface area contributed by atoms with Crippen LogP contribution in [0.1, 0.15) is 11.6 Å². The summed E-state index contributed by atoms with van der Waals surface area (Å²) in [6, 6.07) is 3.58. The summed E-state index contributed by atoms with van der Waals surface area (Å²) in [7, 11) is 2.68. The van der Waals surface area contributed by atoms with Gasteiger partial charge in [-0.15, -0.1) is 12.4 Å². The molecular formula is C10H14ClNO4. The first-order valence-corrected chi connectivity index (χ1v) is 4.30. The largest absolute Gasteiger partial charge is 0.504 e. The molecule has 3 N–H and O–H groups in total. The number of esters is 1. The van der Waals surface area contributed by atoms with Crippen molar-refractivity contribution in [2.45, 2.75) is 6.04 Å². The van der Waals surface area contributed by atoms with Crippen molar-refractivity contribution in [1.82, 2.24) is 0 Å². The average Bonchev–Trinajstić information content (AvgIpc) is 2.27. The fraction of sp³-hybridized carbons (Fsp3) is 0.300. The molecule has 1 rings (SSSR count). The highest BCUT2D eigenvalue weighted by Crippen LogP contribution is 2.28. The van der Waals surface area contributed by atoms with Gasteiger partial charge in [0.2, 0.25) is 0 Å². The Balaban J connectivity index is 0.00000225. The highest BCUT2D eigenvalue weighted by Gasteiger charge is 2.17. The number of rotatable bonds is 3. The first-order chi connectivity index (χ1) is 7.10. The zero-order chi connectivity index (χ0) is 11.4. The van der Waals surface area contributed by atoms with Gasteiger partial charge < -0.3 is 20.3 Å². The third kappa shape index (κ3) is 3.01. The lowest BCUT2D eigenvalue weighted by atomic mass is 10.1. The van der Waals surface area contributed by atoms with Gasteiger partial charge in [-0.1, -0.05) is 6.07 Å². The summed E-state index contributed by atoms with van der Waals surface area (Å²) < 4.78 is 9.39. The maximum absolute atomic E-state index is 11.1. The molecule has 0 aliphatic rings. The van der Waals surface area contributed by atoms with Crippen molar-refractivity contribution < 1.29 is 19.4 Å². The number of halogens is 1. The van der Waals surface area contributed by atoms with Crippen LogP contribution in [0.3, 0.4) is 0 Å². The maximum Gasteiger partial charge on any atom is 0.327 e. The normalized spacial score (nSPS) is 11.2. The summed E-state index contributed by atoms with van der Waals surface area (Å²) in [5.74, 6) is -0.270. The van der Waals surface area contributed by atoms with Crippen LogP contribution in [0.15, 0.2) is 18.2 Å². The maximum atomic E-state index is 11.1. The molecule has 0 heterocycles. The van der Waals surface area contributed by atoms with E-state index in [1.54, 1.807) is 6.07 Å². The quantitative estimate of drug-likeness (QED) is 0.779. The van der Waals surface area contributed by atoms with Gasteiger partial charge in [0, 0.05) is 0 Å². The average molecular weight is 248 g/mol. The first-order valence-electron chi connectivity index (χ1n) is 4.30. The second kappa shape index (κ2) is 6.19. The Morgan fingerprint density at radius 3 is 2.56 bits per heavy atom. The van der Waals surface area contributed by atoms with Crippen LogP contribution in [0.2, 0.25) is 0 Å². The van der Waals surface area contributed by atoms with Gasteiger partial charge in [-0.25, -0.2) is 0 Å². The number of ether oxygens (including phenoxy) is 2. The van der Waals surface area contributed by atoms with Crippen LogP contribution in [-0.4, -0.2) is 25.3 Å². The molecule has 16 heavy (non-hydrogen) atoms. The number of hydrogen-bond acceptors (Lipinski definition) is 5. The third-order valence-corrected chi connectivity index (χ3v) is 2.02. The predicted molar refractivity (Wildman–Crippen MR) is 60.9 cm³/mol. The Morgan fingerprint density at radius 2 is 2.06 bits per heavy atom. The van der Waals surface area contributed by atoms with E-state index < -0.39 is 12.0 Å². The highest BCUT2D eigenvalue weighted by atomic mass is 35.5. The van der Waals surface area contributed by atoms with E-state index in [0.717, 1.165) is 0 Å². The number of hydrogen-bond donors (Lipinski definition) is 2. The topological polar surface area (TPSA) is 81.8 Å². The molecule has 0 unspecified atom stereocenters. The van der Waals surface area contributed by atoms with E-state index in [9.17, 15) is 9.90 Å². The number of methoxy groups -OCH3 is 2. The van der Waals surface area contributed by atoms with Gasteiger partial charge in [0.05, 0.1) is 14.2 Å². The van der Waals surface area contributed by atoms with E-state index in [1.165, 1.54) is 26.4 Å². The Bertz CT molecular complexity index is 370. The smallest absolute Gasteiger partial charge is 0.327 e. The van der Waals surface area contributed by atoms with E-state index in [-0.39, 0.29) is 23.9 Å². The molecule has 0 aliphatic heterocycles. The first kappa shape index (κ1) is 14.5. The number of phenols is 1. The molecule has 5 nitrogen and oxygen atoms in total. The summed E-state index contributed by atoms with van der Waals surface area (Å²) in [6.45, 7) is 0. The molecule has 0 amide bonds. The third-order valence-electron chi connectivity index (χ3n) is 2.02. The zero-order valence-electron chi connectivity index (χ0n) is 8.97. The molecule has 0 radical (unpaired) electrons. The Morgan fingerprint density at radius 1 is 1.44 bits per heavy atom. The van der Waals surface area contributed by atoms with Crippen LogP contribution in [0.5, 0.6) is 11.5 Å². The summed E-state index contributed by atoms with van der Waals surface area (Å²) in [5, 5.41) is 9.33. The number of carbonyl (C=O) groups excluding carboxylic acids is 1. The minimum atomic E-state index is -0.871. The van der Waals surface area contributed by atoms with Gasteiger partial charge in [0.25, 0.3) is 0 Å². The summed E-state index contributed by atoms with van der Waals surface area (Å²) in [6.07, 6.45) is 0. The van der Waals surface area contributed by atoms with Crippen LogP contribution < -0.4 is 10.5 Å². The van der Waals surface area contributed by atoms with Gasteiger partial charge in [-0.05, 0) is 17.7 Å². The van der Waals surface area contributed by atoms with Crippen LogP contribution in [0, 0.1) is 0 Å². The van der Waals surface area contributed by atoms with Crippen molar-refractivity contribution in [2.24, 2.45) is 5.73 Å². The van der Waals surface area contributed by atoms with Crippen molar-refractivity contribution in [3.05, 3.63) is 23.8 Å². The van der Waals surface area contributed by atoms with Crippen molar-refractivity contribution >= 4 is 18.4 Å². The molecular weight excluding hydrogens is 234 g/mol. The number of carbonyl (C=O) groups is 1. The van der Waals surface area contributed by atoms with Gasteiger partial charge in [0.1, 0.15) is 6.04 Å². The van der Waals surface area contributed by atoms with Crippen molar-refractivity contribution in [1.29, 1.82) is 0 Å². The number of benzene rings is 1. The Labute approximate surface area is 99.6 Å². The van der Waals surface area contributed by atoms with E-state index in [1.807, 2.05) is 0 Å². The molecule has 1 aromatic carbocycles. The van der Waals surface area contributed by atoms with Crippen molar-refractivity contribution in [3.8, 4) is 11.5 Å². The highest BCUT2D eigenvalue weighted by molar-refractivity contribution is 5.85. The summed E-state index contributed by atoms with van der Waals surface area (Å²) in [5.41, 5.74) is 6.14. The molecule has 0 aliphatic carbocycles. The molecule has 0 saturated heterocycles. The number of aromatic hydroxyl groups is 1. The lowest BCUT2D eigenvalue weighted by Gasteiger charge is -2.11. The standard InChI is InChI=1S/C10H13NO4.ClH/c1-14-8-5-6(3-4-7(8)12)9(11)10(13)15-2;/h3-5,9,12H,11H2,1-2H3;1H/t9-;/m1./s1. The summed E-state index contributed by atoms with van der Waals surface area (Å²) >= 11 is 0. The molecule has 6 heteroatoms. The molecule has 90 valence electrons. The van der Waals surface area contributed by atoms with E-state index in [2.05, 4.69) is 4.74 Å². The second-order valence-corrected chi connectivity index (χ2v) is 2.93. The van der Waals surface area contributed by atoms with Crippen LogP contribution in [0.25, 0.3) is 0 Å². The summed E-state index contributed by atoms with van der Waals surface area (Å²) in [4.78, 5) is 11.1. The Kier molecular flexibility index (Phi) is 5.63. The lowest BCUT2D eigenvalue weighted by Crippen LogP contribution is -2.22. The SMILES string of the molecule is COC(=O)[C@H](N)c1ccc(O)c(OC)c1.Cl. The lowest BCUT2D eigenvalue weighted by molar-refractivity contribution is -0.142. The van der Waals surface area contributed by atoms with Crippen LogP contribution in [0.4, 0.5) is 0 Å². The molecule has 0 bridgehead atoms. The van der Waals surface area contributed by atoms with Gasteiger partial charge in [0.15, 0.2) is 11.5 Å². The fourth-order valence-electron chi connectivity index (χ4n) is 1.15. The fourth-order valence-corrected chi connectivity index (χ4v) is 1.15. The van der Waals surface area contributed by atoms with Gasteiger partial charge >= 0.3 is 5.97 Å². The molecule has 0 fully saturated rings. The van der Waals surface area contributed by atoms with E-state index >= 15 is 0 Å². The van der Waals surface area contributed by atoms with Crippen molar-refractivity contribution in [3.63, 3.8) is 0 Å². The molecule has 0 saturated carbocycles. The molecule has 1 atom stereocenters. The minimum absolute atomic E-state index is 0. The van der Waals surface area contributed by atoms with E-state index in [4.69, 9.17) is 10.5 Å². The second-order valence-electron chi connectivity index (χ2n) is 2.93. The van der Waals surface area contributed by atoms with Crippen LogP contribution in [-0.2, 0) is 9.53 Å². The monoisotopic (exact) mass is 247 g/mol. The molecule has 1 aromatic rings. The molecule has 0 spiro atoms. The number of nitrogens with two attached hydrogens (primary N) is 1. The zero-order valence-corrected chi connectivity index (χ0v) is 9.78. The number of phenolic OH excluding ortho intramolecular Hbond substituents is 1. The minimum Gasteiger partial charge on any atom is -0.504 e. The predicted octanol–water partition coefficient (Wildman–Crippen LogP) is 0.995. The van der Waals surface area contributed by atoms with Crippen LogP contribution >= 0.6 is 12.4 Å². The molecule has 0 aromatic heterocycles. The Hall–Kier alpha value is -1.46. The van der Waals surface area contributed by atoms with Gasteiger partial charge in [-0.2, -0.15) is 0 Å². The van der Waals surface area contributed by atoms with Gasteiger partial charge in [-0.3, -0.25) is 4.79 Å². The van der Waals surface area contributed by atoms with Crippen molar-refractivity contribution in [2.75, 3.05) is 14.2 Å².